The molecule has 0 spiro atoms. The first-order valence-electron chi connectivity index (χ1n) is 7.14. The van der Waals surface area contributed by atoms with Crippen LogP contribution in [0, 0.1) is 0 Å². The Balaban J connectivity index is 2.46. The third-order valence-electron chi connectivity index (χ3n) is 3.45. The molecule has 8 heteroatoms. The summed E-state index contributed by atoms with van der Waals surface area (Å²) in [6.45, 7) is 0.475. The summed E-state index contributed by atoms with van der Waals surface area (Å²) in [4.78, 5) is 23.3. The minimum Gasteiger partial charge on any atom is -0.465 e. The molecule has 0 unspecified atom stereocenters. The van der Waals surface area contributed by atoms with Crippen molar-refractivity contribution in [1.82, 2.24) is 5.32 Å². The molecule has 0 fully saturated rings. The third kappa shape index (κ3) is 5.43. The zero-order valence-electron chi connectivity index (χ0n) is 13.9. The number of nitrogens with one attached hydrogen (secondary N) is 1. The van der Waals surface area contributed by atoms with Crippen molar-refractivity contribution in [3.05, 3.63) is 35.4 Å². The van der Waals surface area contributed by atoms with Gasteiger partial charge < -0.3 is 23.3 Å². The van der Waals surface area contributed by atoms with Crippen molar-refractivity contribution in [3.63, 3.8) is 0 Å². The average Bonchev–Trinajstić information content (AvgIpc) is 2.61. The van der Waals surface area contributed by atoms with Gasteiger partial charge in [0.15, 0.2) is 0 Å². The number of rotatable bonds is 9. The molecule has 0 aliphatic rings. The van der Waals surface area contributed by atoms with Crippen LogP contribution in [0.15, 0.2) is 24.3 Å². The first-order valence-corrected chi connectivity index (χ1v) is 9.07. The van der Waals surface area contributed by atoms with Crippen molar-refractivity contribution in [2.75, 3.05) is 35.0 Å². The summed E-state index contributed by atoms with van der Waals surface area (Å²) >= 11 is 0. The van der Waals surface area contributed by atoms with E-state index >= 15 is 0 Å². The standard InChI is InChI=1S/C15H23NO6Si/c1-19-15(18)13-8-6-12(7-9-13)14(17)16-10-5-11-23(20-2,21-3)22-4/h6-9H,5,10-11H2,1-4H3,(H,16,17). The summed E-state index contributed by atoms with van der Waals surface area (Å²) in [6, 6.07) is 6.89. The van der Waals surface area contributed by atoms with Crippen LogP contribution >= 0.6 is 0 Å². The molecule has 0 heterocycles. The smallest absolute Gasteiger partial charge is 0.465 e. The molecule has 0 aliphatic heterocycles. The van der Waals surface area contributed by atoms with Gasteiger partial charge in [-0.3, -0.25) is 4.79 Å². The monoisotopic (exact) mass is 341 g/mol. The van der Waals surface area contributed by atoms with Crippen LogP contribution in [0.4, 0.5) is 0 Å². The van der Waals surface area contributed by atoms with E-state index in [-0.39, 0.29) is 5.91 Å². The number of esters is 1. The van der Waals surface area contributed by atoms with Gasteiger partial charge in [0.1, 0.15) is 0 Å². The predicted octanol–water partition coefficient (Wildman–Crippen LogP) is 1.47. The largest absolute Gasteiger partial charge is 0.500 e. The topological polar surface area (TPSA) is 83.1 Å². The van der Waals surface area contributed by atoms with Crippen molar-refractivity contribution in [2.45, 2.75) is 12.5 Å². The number of carbonyl (C=O) groups is 2. The van der Waals surface area contributed by atoms with E-state index < -0.39 is 14.8 Å². The molecule has 1 rings (SSSR count). The third-order valence-corrected chi connectivity index (χ3v) is 6.28. The van der Waals surface area contributed by atoms with E-state index in [1.807, 2.05) is 0 Å². The van der Waals surface area contributed by atoms with Crippen LogP contribution in [-0.4, -0.2) is 55.7 Å². The van der Waals surface area contributed by atoms with Gasteiger partial charge in [0, 0.05) is 39.5 Å². The number of benzene rings is 1. The van der Waals surface area contributed by atoms with Crippen LogP contribution in [0.2, 0.25) is 6.04 Å². The maximum absolute atomic E-state index is 12.0. The minimum absolute atomic E-state index is 0.207. The zero-order valence-corrected chi connectivity index (χ0v) is 14.9. The van der Waals surface area contributed by atoms with E-state index in [4.69, 9.17) is 13.3 Å². The first kappa shape index (κ1) is 19.3. The molecule has 128 valence electrons. The van der Waals surface area contributed by atoms with Crippen molar-refractivity contribution in [3.8, 4) is 0 Å². The van der Waals surface area contributed by atoms with E-state index in [2.05, 4.69) is 10.1 Å². The fraction of sp³-hybridized carbons (Fsp3) is 0.467. The molecule has 1 amide bonds. The first-order chi connectivity index (χ1) is 11.0. The Morgan fingerprint density at radius 1 is 0.957 bits per heavy atom. The second-order valence-corrected chi connectivity index (χ2v) is 7.81. The van der Waals surface area contributed by atoms with Gasteiger partial charge in [0.05, 0.1) is 12.7 Å². The van der Waals surface area contributed by atoms with Crippen molar-refractivity contribution < 1.29 is 27.6 Å². The summed E-state index contributed by atoms with van der Waals surface area (Å²) in [7, 11) is 3.38. The van der Waals surface area contributed by atoms with Gasteiger partial charge >= 0.3 is 14.8 Å². The molecule has 0 saturated heterocycles. The maximum Gasteiger partial charge on any atom is 0.500 e. The van der Waals surface area contributed by atoms with E-state index in [0.29, 0.717) is 30.1 Å². The molecule has 0 saturated carbocycles. The van der Waals surface area contributed by atoms with E-state index in [1.54, 1.807) is 45.6 Å². The number of ether oxygens (including phenoxy) is 1. The van der Waals surface area contributed by atoms with E-state index in [0.717, 1.165) is 0 Å². The molecule has 1 aromatic carbocycles. The molecular weight excluding hydrogens is 318 g/mol. The van der Waals surface area contributed by atoms with Gasteiger partial charge in [0.2, 0.25) is 0 Å². The van der Waals surface area contributed by atoms with Crippen LogP contribution < -0.4 is 5.32 Å². The number of carbonyl (C=O) groups excluding carboxylic acids is 2. The Morgan fingerprint density at radius 2 is 1.48 bits per heavy atom. The fourth-order valence-electron chi connectivity index (χ4n) is 2.04. The Hall–Kier alpha value is -1.74. The zero-order chi connectivity index (χ0) is 17.3. The highest BCUT2D eigenvalue weighted by Gasteiger charge is 2.36. The van der Waals surface area contributed by atoms with Crippen LogP contribution in [0.3, 0.4) is 0 Å². The number of amides is 1. The lowest BCUT2D eigenvalue weighted by Crippen LogP contribution is -2.43. The quantitative estimate of drug-likeness (QED) is 0.416. The van der Waals surface area contributed by atoms with Crippen LogP contribution in [-0.2, 0) is 18.0 Å². The van der Waals surface area contributed by atoms with Crippen molar-refractivity contribution in [2.24, 2.45) is 0 Å². The Labute approximate surface area is 137 Å². The lowest BCUT2D eigenvalue weighted by molar-refractivity contribution is 0.0600. The van der Waals surface area contributed by atoms with Gasteiger partial charge in [-0.1, -0.05) is 0 Å². The molecule has 23 heavy (non-hydrogen) atoms. The molecule has 0 atom stereocenters. The van der Waals surface area contributed by atoms with Crippen molar-refractivity contribution in [1.29, 1.82) is 0 Å². The van der Waals surface area contributed by atoms with Crippen LogP contribution in [0.5, 0.6) is 0 Å². The van der Waals surface area contributed by atoms with Gasteiger partial charge in [0.25, 0.3) is 5.91 Å². The highest BCUT2D eigenvalue weighted by Crippen LogP contribution is 2.14. The van der Waals surface area contributed by atoms with E-state index in [9.17, 15) is 9.59 Å². The second kappa shape index (κ2) is 9.41. The minimum atomic E-state index is -2.60. The lowest BCUT2D eigenvalue weighted by atomic mass is 10.1. The SMILES string of the molecule is COC(=O)c1ccc(C(=O)NCCC[Si](OC)(OC)OC)cc1. The van der Waals surface area contributed by atoms with Gasteiger partial charge in [-0.25, -0.2) is 4.79 Å². The molecule has 0 aromatic heterocycles. The highest BCUT2D eigenvalue weighted by atomic mass is 28.4. The van der Waals surface area contributed by atoms with Crippen LogP contribution in [0.25, 0.3) is 0 Å². The predicted molar refractivity (Wildman–Crippen MR) is 86.3 cm³/mol. The number of methoxy groups -OCH3 is 1. The van der Waals surface area contributed by atoms with Gasteiger partial charge in [-0.2, -0.15) is 0 Å². The summed E-state index contributed by atoms with van der Waals surface area (Å²) in [6.07, 6.45) is 0.674. The molecule has 0 bridgehead atoms. The molecule has 0 aliphatic carbocycles. The Morgan fingerprint density at radius 3 is 1.96 bits per heavy atom. The second-order valence-electron chi connectivity index (χ2n) is 4.72. The summed E-state index contributed by atoms with van der Waals surface area (Å²) < 4.78 is 20.5. The molecular formula is C15H23NO6Si. The summed E-state index contributed by atoms with van der Waals surface area (Å²) in [5.41, 5.74) is 0.881. The fourth-order valence-corrected chi connectivity index (χ4v) is 3.76. The van der Waals surface area contributed by atoms with E-state index in [1.165, 1.54) is 7.11 Å². The Bertz CT molecular complexity index is 507. The average molecular weight is 341 g/mol. The lowest BCUT2D eigenvalue weighted by Gasteiger charge is -2.24. The molecule has 0 radical (unpaired) electrons. The van der Waals surface area contributed by atoms with Crippen molar-refractivity contribution >= 4 is 20.7 Å². The number of hydrogen-bond acceptors (Lipinski definition) is 6. The highest BCUT2D eigenvalue weighted by molar-refractivity contribution is 6.60. The van der Waals surface area contributed by atoms with Gasteiger partial charge in [-0.15, -0.1) is 0 Å². The normalized spacial score (nSPS) is 11.1. The summed E-state index contributed by atoms with van der Waals surface area (Å²) in [5.74, 6) is -0.641. The maximum atomic E-state index is 12.0. The number of hydrogen-bond donors (Lipinski definition) is 1. The molecule has 1 aromatic rings. The molecule has 7 nitrogen and oxygen atoms in total. The molecule has 1 N–H and O–H groups in total. The van der Waals surface area contributed by atoms with Crippen LogP contribution in [0.1, 0.15) is 27.1 Å². The Kier molecular flexibility index (Phi) is 7.90. The van der Waals surface area contributed by atoms with Gasteiger partial charge in [-0.05, 0) is 30.7 Å². The summed E-state index contributed by atoms with van der Waals surface area (Å²) in [5, 5.41) is 2.81.